The van der Waals surface area contributed by atoms with Gasteiger partial charge in [0.2, 0.25) is 11.8 Å². The molecule has 7 heteroatoms. The Morgan fingerprint density at radius 3 is 2.68 bits per heavy atom. The quantitative estimate of drug-likeness (QED) is 0.792. The minimum atomic E-state index is -0.932. The molecule has 0 saturated carbocycles. The zero-order chi connectivity index (χ0) is 18.0. The lowest BCUT2D eigenvalue weighted by molar-refractivity contribution is -0.153. The molecule has 0 aromatic rings. The van der Waals surface area contributed by atoms with Crippen LogP contribution in [0.2, 0.25) is 0 Å². The summed E-state index contributed by atoms with van der Waals surface area (Å²) in [5.74, 6) is -1.44. The molecule has 2 amide bonds. The van der Waals surface area contributed by atoms with Crippen LogP contribution >= 0.6 is 0 Å². The second-order valence-electron chi connectivity index (χ2n) is 7.51. The number of carboxylic acids is 1. The average Bonchev–Trinajstić information content (AvgIpc) is 3.21. The standard InChI is InChI=1S/C18H29N3O4/c1-2-19-8-5-6-14(19)12-20-11-13(10-16(20)22)17(23)21-9-4-3-7-15(21)18(24)25/h13-15H,2-12H2,1H3,(H,24,25). The van der Waals surface area contributed by atoms with Crippen LogP contribution in [0.3, 0.4) is 0 Å². The molecule has 0 aromatic carbocycles. The Hall–Kier alpha value is -1.63. The molecule has 3 rings (SSSR count). The topological polar surface area (TPSA) is 81.2 Å². The fraction of sp³-hybridized carbons (Fsp3) is 0.833. The Kier molecular flexibility index (Phi) is 5.61. The molecule has 0 bridgehead atoms. The van der Waals surface area contributed by atoms with Crippen LogP contribution < -0.4 is 0 Å². The molecule has 0 aliphatic carbocycles. The number of aliphatic carboxylic acids is 1. The number of likely N-dealkylation sites (N-methyl/N-ethyl adjacent to an activating group) is 1. The van der Waals surface area contributed by atoms with Crippen molar-refractivity contribution in [2.24, 2.45) is 5.92 Å². The smallest absolute Gasteiger partial charge is 0.326 e. The molecule has 0 radical (unpaired) electrons. The van der Waals surface area contributed by atoms with Gasteiger partial charge in [0.1, 0.15) is 6.04 Å². The van der Waals surface area contributed by atoms with Crippen molar-refractivity contribution in [2.75, 3.05) is 32.7 Å². The van der Waals surface area contributed by atoms with Crippen molar-refractivity contribution in [1.82, 2.24) is 14.7 Å². The van der Waals surface area contributed by atoms with Gasteiger partial charge in [-0.3, -0.25) is 14.5 Å². The maximum atomic E-state index is 12.8. The lowest BCUT2D eigenvalue weighted by atomic mass is 9.98. The van der Waals surface area contributed by atoms with E-state index in [4.69, 9.17) is 0 Å². The van der Waals surface area contributed by atoms with Gasteiger partial charge in [-0.2, -0.15) is 0 Å². The number of piperidine rings is 1. The number of amides is 2. The molecule has 3 aliphatic rings. The molecule has 25 heavy (non-hydrogen) atoms. The van der Waals surface area contributed by atoms with Crippen molar-refractivity contribution in [3.63, 3.8) is 0 Å². The van der Waals surface area contributed by atoms with Crippen molar-refractivity contribution in [2.45, 2.75) is 57.5 Å². The number of nitrogens with zero attached hydrogens (tertiary/aromatic N) is 3. The van der Waals surface area contributed by atoms with Crippen LogP contribution in [0.25, 0.3) is 0 Å². The SMILES string of the molecule is CCN1CCCC1CN1CC(C(=O)N2CCCCC2C(=O)O)CC1=O. The van der Waals surface area contributed by atoms with E-state index in [1.807, 2.05) is 4.90 Å². The van der Waals surface area contributed by atoms with Crippen LogP contribution in [0.4, 0.5) is 0 Å². The average molecular weight is 351 g/mol. The van der Waals surface area contributed by atoms with E-state index in [-0.39, 0.29) is 24.2 Å². The molecule has 7 nitrogen and oxygen atoms in total. The minimum Gasteiger partial charge on any atom is -0.480 e. The van der Waals surface area contributed by atoms with Gasteiger partial charge in [-0.15, -0.1) is 0 Å². The number of carbonyl (C=O) groups excluding carboxylic acids is 2. The molecule has 0 aromatic heterocycles. The van der Waals surface area contributed by atoms with Crippen LogP contribution in [-0.2, 0) is 14.4 Å². The Morgan fingerprint density at radius 2 is 1.96 bits per heavy atom. The van der Waals surface area contributed by atoms with Gasteiger partial charge < -0.3 is 14.9 Å². The fourth-order valence-electron chi connectivity index (χ4n) is 4.57. The van der Waals surface area contributed by atoms with Gasteiger partial charge in [-0.25, -0.2) is 4.79 Å². The number of hydrogen-bond donors (Lipinski definition) is 1. The van der Waals surface area contributed by atoms with Gasteiger partial charge >= 0.3 is 5.97 Å². The summed E-state index contributed by atoms with van der Waals surface area (Å²) in [5.41, 5.74) is 0. The Morgan fingerprint density at radius 1 is 1.16 bits per heavy atom. The van der Waals surface area contributed by atoms with Crippen molar-refractivity contribution < 1.29 is 19.5 Å². The number of rotatable bonds is 5. The van der Waals surface area contributed by atoms with Crippen LogP contribution in [0.15, 0.2) is 0 Å². The van der Waals surface area contributed by atoms with E-state index >= 15 is 0 Å². The third-order valence-corrected chi connectivity index (χ3v) is 5.97. The van der Waals surface area contributed by atoms with Crippen molar-refractivity contribution in [3.8, 4) is 0 Å². The summed E-state index contributed by atoms with van der Waals surface area (Å²) in [6.45, 7) is 5.84. The normalized spacial score (nSPS) is 30.9. The molecule has 3 atom stereocenters. The number of likely N-dealkylation sites (tertiary alicyclic amines) is 3. The highest BCUT2D eigenvalue weighted by atomic mass is 16.4. The monoisotopic (exact) mass is 351 g/mol. The second-order valence-corrected chi connectivity index (χ2v) is 7.51. The van der Waals surface area contributed by atoms with Crippen LogP contribution in [0, 0.1) is 5.92 Å². The van der Waals surface area contributed by atoms with Crippen LogP contribution in [0.5, 0.6) is 0 Å². The Balaban J connectivity index is 1.61. The van der Waals surface area contributed by atoms with Gasteiger partial charge in [0.05, 0.1) is 5.92 Å². The lowest BCUT2D eigenvalue weighted by Gasteiger charge is -2.34. The van der Waals surface area contributed by atoms with E-state index in [9.17, 15) is 19.5 Å². The summed E-state index contributed by atoms with van der Waals surface area (Å²) in [5, 5.41) is 9.37. The molecular weight excluding hydrogens is 322 g/mol. The highest BCUT2D eigenvalue weighted by Gasteiger charge is 2.41. The van der Waals surface area contributed by atoms with Gasteiger partial charge in [-0.1, -0.05) is 6.92 Å². The molecule has 3 aliphatic heterocycles. The zero-order valence-electron chi connectivity index (χ0n) is 15.0. The van der Waals surface area contributed by atoms with E-state index in [0.29, 0.717) is 32.1 Å². The maximum Gasteiger partial charge on any atom is 0.326 e. The van der Waals surface area contributed by atoms with Crippen molar-refractivity contribution in [1.29, 1.82) is 0 Å². The number of carboxylic acid groups (broad SMARTS) is 1. The molecule has 140 valence electrons. The highest BCUT2D eigenvalue weighted by molar-refractivity contribution is 5.91. The van der Waals surface area contributed by atoms with E-state index in [1.165, 1.54) is 4.90 Å². The Bertz CT molecular complexity index is 538. The van der Waals surface area contributed by atoms with Crippen LogP contribution in [-0.4, -0.2) is 82.4 Å². The molecule has 3 saturated heterocycles. The summed E-state index contributed by atoms with van der Waals surface area (Å²) in [7, 11) is 0. The van der Waals surface area contributed by atoms with Crippen LogP contribution in [0.1, 0.15) is 45.4 Å². The molecule has 3 fully saturated rings. The van der Waals surface area contributed by atoms with E-state index < -0.39 is 12.0 Å². The lowest BCUT2D eigenvalue weighted by Crippen LogP contribution is -2.50. The summed E-state index contributed by atoms with van der Waals surface area (Å²) in [4.78, 5) is 42.4. The first-order valence-corrected chi connectivity index (χ1v) is 9.56. The molecule has 1 N–H and O–H groups in total. The minimum absolute atomic E-state index is 0.0326. The highest BCUT2D eigenvalue weighted by Crippen LogP contribution is 2.27. The van der Waals surface area contributed by atoms with Crippen molar-refractivity contribution in [3.05, 3.63) is 0 Å². The number of hydrogen-bond acceptors (Lipinski definition) is 4. The first kappa shape index (κ1) is 18.2. The number of carbonyl (C=O) groups is 3. The van der Waals surface area contributed by atoms with Gasteiger partial charge in [-0.05, 0) is 45.2 Å². The summed E-state index contributed by atoms with van der Waals surface area (Å²) < 4.78 is 0. The third-order valence-electron chi connectivity index (χ3n) is 5.97. The summed E-state index contributed by atoms with van der Waals surface area (Å²) in [6, 6.07) is -0.333. The summed E-state index contributed by atoms with van der Waals surface area (Å²) >= 11 is 0. The van der Waals surface area contributed by atoms with Gasteiger partial charge in [0, 0.05) is 32.1 Å². The largest absolute Gasteiger partial charge is 0.480 e. The second kappa shape index (κ2) is 7.72. The van der Waals surface area contributed by atoms with E-state index in [2.05, 4.69) is 11.8 Å². The Labute approximate surface area is 148 Å². The van der Waals surface area contributed by atoms with E-state index in [0.717, 1.165) is 38.8 Å². The molecule has 0 spiro atoms. The van der Waals surface area contributed by atoms with E-state index in [1.54, 1.807) is 0 Å². The predicted molar refractivity (Wildman–Crippen MR) is 91.9 cm³/mol. The third kappa shape index (κ3) is 3.81. The molecule has 3 unspecified atom stereocenters. The first-order chi connectivity index (χ1) is 12.0. The van der Waals surface area contributed by atoms with Crippen molar-refractivity contribution >= 4 is 17.8 Å². The molecule has 3 heterocycles. The summed E-state index contributed by atoms with van der Waals surface area (Å²) in [6.07, 6.45) is 4.68. The predicted octanol–water partition coefficient (Wildman–Crippen LogP) is 0.785. The fourth-order valence-corrected chi connectivity index (χ4v) is 4.57. The molecular formula is C18H29N3O4. The maximum absolute atomic E-state index is 12.8. The first-order valence-electron chi connectivity index (χ1n) is 9.56. The zero-order valence-corrected chi connectivity index (χ0v) is 15.0. The van der Waals surface area contributed by atoms with Gasteiger partial charge in [0.25, 0.3) is 0 Å². The van der Waals surface area contributed by atoms with Gasteiger partial charge in [0.15, 0.2) is 0 Å².